The summed E-state index contributed by atoms with van der Waals surface area (Å²) in [7, 11) is 0. The molecule has 0 aliphatic rings. The second kappa shape index (κ2) is 8.31. The molecule has 0 spiro atoms. The van der Waals surface area contributed by atoms with Gasteiger partial charge in [-0.3, -0.25) is 14.9 Å². The molecule has 0 fully saturated rings. The number of aryl methyl sites for hydroxylation is 1. The molecule has 2 rings (SSSR count). The number of amides is 1. The Morgan fingerprint density at radius 2 is 1.96 bits per heavy atom. The quantitative estimate of drug-likeness (QED) is 0.458. The monoisotopic (exact) mass is 348 g/mol. The number of halogens is 1. The van der Waals surface area contributed by atoms with Crippen LogP contribution in [0, 0.1) is 17.0 Å². The van der Waals surface area contributed by atoms with E-state index in [9.17, 15) is 14.9 Å². The zero-order chi connectivity index (χ0) is 17.5. The Labute approximate surface area is 144 Å². The van der Waals surface area contributed by atoms with E-state index in [0.717, 1.165) is 0 Å². The second-order valence-electron chi connectivity index (χ2n) is 5.21. The zero-order valence-corrected chi connectivity index (χ0v) is 13.9. The molecular weight excluding hydrogens is 332 g/mol. The first-order chi connectivity index (χ1) is 11.5. The van der Waals surface area contributed by atoms with Gasteiger partial charge in [-0.1, -0.05) is 11.6 Å². The van der Waals surface area contributed by atoms with Gasteiger partial charge in [0.25, 0.3) is 5.69 Å². The van der Waals surface area contributed by atoms with E-state index < -0.39 is 4.92 Å². The van der Waals surface area contributed by atoms with Gasteiger partial charge in [0.2, 0.25) is 5.91 Å². The van der Waals surface area contributed by atoms with E-state index in [4.69, 9.17) is 16.3 Å². The van der Waals surface area contributed by atoms with Gasteiger partial charge in [0, 0.05) is 29.3 Å². The van der Waals surface area contributed by atoms with E-state index in [1.54, 1.807) is 31.2 Å². The summed E-state index contributed by atoms with van der Waals surface area (Å²) in [6, 6.07) is 11.3. The fourth-order valence-electron chi connectivity index (χ4n) is 2.07. The fourth-order valence-corrected chi connectivity index (χ4v) is 2.19. The van der Waals surface area contributed by atoms with Crippen molar-refractivity contribution in [2.75, 3.05) is 11.9 Å². The standard InChI is InChI=1S/C17H17ClN2O4/c1-12-11-14(20(22)23)6-9-16(12)19-17(21)3-2-10-24-15-7-4-13(18)5-8-15/h4-9,11H,2-3,10H2,1H3,(H,19,21). The number of rotatable bonds is 7. The smallest absolute Gasteiger partial charge is 0.269 e. The minimum absolute atomic E-state index is 0.00173. The van der Waals surface area contributed by atoms with Gasteiger partial charge in [-0.25, -0.2) is 0 Å². The van der Waals surface area contributed by atoms with E-state index in [-0.39, 0.29) is 11.6 Å². The molecule has 1 N–H and O–H groups in total. The Kier molecular flexibility index (Phi) is 6.14. The number of anilines is 1. The number of non-ortho nitro benzene ring substituents is 1. The van der Waals surface area contributed by atoms with E-state index in [2.05, 4.69) is 5.32 Å². The number of benzene rings is 2. The molecule has 0 saturated carbocycles. The van der Waals surface area contributed by atoms with Crippen LogP contribution < -0.4 is 10.1 Å². The SMILES string of the molecule is Cc1cc([N+](=O)[O-])ccc1NC(=O)CCCOc1ccc(Cl)cc1. The van der Waals surface area contributed by atoms with Gasteiger partial charge in [-0.05, 0) is 49.2 Å². The zero-order valence-electron chi connectivity index (χ0n) is 13.1. The Morgan fingerprint density at radius 3 is 2.58 bits per heavy atom. The predicted molar refractivity (Wildman–Crippen MR) is 92.6 cm³/mol. The van der Waals surface area contributed by atoms with E-state index in [1.807, 2.05) is 0 Å². The molecule has 0 radical (unpaired) electrons. The van der Waals surface area contributed by atoms with Crippen molar-refractivity contribution in [3.05, 3.63) is 63.2 Å². The lowest BCUT2D eigenvalue weighted by atomic mass is 10.1. The molecule has 0 unspecified atom stereocenters. The maximum absolute atomic E-state index is 11.9. The van der Waals surface area contributed by atoms with E-state index >= 15 is 0 Å². The number of hydrogen-bond acceptors (Lipinski definition) is 4. The largest absolute Gasteiger partial charge is 0.494 e. The molecule has 0 saturated heterocycles. The Bertz CT molecular complexity index is 732. The van der Waals surface area contributed by atoms with Crippen molar-refractivity contribution in [2.24, 2.45) is 0 Å². The third-order valence-corrected chi connectivity index (χ3v) is 3.58. The molecule has 0 aliphatic heterocycles. The average molecular weight is 349 g/mol. The number of nitro benzene ring substituents is 1. The molecule has 126 valence electrons. The first-order valence-corrected chi connectivity index (χ1v) is 7.77. The summed E-state index contributed by atoms with van der Waals surface area (Å²) in [4.78, 5) is 22.1. The highest BCUT2D eigenvalue weighted by Gasteiger charge is 2.10. The lowest BCUT2D eigenvalue weighted by molar-refractivity contribution is -0.384. The summed E-state index contributed by atoms with van der Waals surface area (Å²) in [5, 5.41) is 14.1. The lowest BCUT2D eigenvalue weighted by Gasteiger charge is -2.09. The summed E-state index contributed by atoms with van der Waals surface area (Å²) in [6.45, 7) is 2.13. The minimum Gasteiger partial charge on any atom is -0.494 e. The van der Waals surface area contributed by atoms with Crippen molar-refractivity contribution in [2.45, 2.75) is 19.8 Å². The second-order valence-corrected chi connectivity index (χ2v) is 5.65. The highest BCUT2D eigenvalue weighted by molar-refractivity contribution is 6.30. The molecule has 24 heavy (non-hydrogen) atoms. The van der Waals surface area contributed by atoms with Crippen LogP contribution in [0.3, 0.4) is 0 Å². The van der Waals surface area contributed by atoms with Gasteiger partial charge >= 0.3 is 0 Å². The molecule has 2 aromatic rings. The number of carbonyl (C=O) groups is 1. The number of nitro groups is 1. The normalized spacial score (nSPS) is 10.2. The Balaban J connectivity index is 1.77. The molecule has 7 heteroatoms. The first-order valence-electron chi connectivity index (χ1n) is 7.39. The van der Waals surface area contributed by atoms with Crippen molar-refractivity contribution in [3.8, 4) is 5.75 Å². The van der Waals surface area contributed by atoms with Gasteiger partial charge in [-0.2, -0.15) is 0 Å². The predicted octanol–water partition coefficient (Wildman–Crippen LogP) is 4.35. The number of carbonyl (C=O) groups excluding carboxylic acids is 1. The first kappa shape index (κ1) is 17.7. The van der Waals surface area contributed by atoms with Crippen LogP contribution in [0.1, 0.15) is 18.4 Å². The van der Waals surface area contributed by atoms with Gasteiger partial charge in [0.05, 0.1) is 11.5 Å². The van der Waals surface area contributed by atoms with Crippen LogP contribution in [-0.4, -0.2) is 17.4 Å². The van der Waals surface area contributed by atoms with Crippen molar-refractivity contribution in [3.63, 3.8) is 0 Å². The average Bonchev–Trinajstić information content (AvgIpc) is 2.55. The maximum atomic E-state index is 11.9. The number of nitrogens with zero attached hydrogens (tertiary/aromatic N) is 1. The number of hydrogen-bond donors (Lipinski definition) is 1. The van der Waals surface area contributed by atoms with Crippen molar-refractivity contribution >= 4 is 28.9 Å². The third-order valence-electron chi connectivity index (χ3n) is 3.33. The van der Waals surface area contributed by atoms with Crippen LogP contribution in [0.2, 0.25) is 5.02 Å². The summed E-state index contributed by atoms with van der Waals surface area (Å²) < 4.78 is 5.51. The highest BCUT2D eigenvalue weighted by Crippen LogP contribution is 2.21. The van der Waals surface area contributed by atoms with Gasteiger partial charge < -0.3 is 10.1 Å². The molecule has 1 amide bonds. The van der Waals surface area contributed by atoms with E-state index in [0.29, 0.717) is 41.5 Å². The van der Waals surface area contributed by atoms with Crippen molar-refractivity contribution in [1.82, 2.24) is 0 Å². The van der Waals surface area contributed by atoms with Crippen LogP contribution in [-0.2, 0) is 4.79 Å². The third kappa shape index (κ3) is 5.24. The van der Waals surface area contributed by atoms with Crippen molar-refractivity contribution < 1.29 is 14.5 Å². The van der Waals surface area contributed by atoms with Gasteiger partial charge in [0.1, 0.15) is 5.75 Å². The topological polar surface area (TPSA) is 81.5 Å². The Hall–Kier alpha value is -2.60. The molecule has 2 aromatic carbocycles. The Morgan fingerprint density at radius 1 is 1.25 bits per heavy atom. The molecule has 0 bridgehead atoms. The van der Waals surface area contributed by atoms with Crippen LogP contribution in [0.4, 0.5) is 11.4 Å². The van der Waals surface area contributed by atoms with Crippen LogP contribution in [0.25, 0.3) is 0 Å². The van der Waals surface area contributed by atoms with Crippen LogP contribution in [0.5, 0.6) is 5.75 Å². The number of nitrogens with one attached hydrogen (secondary N) is 1. The maximum Gasteiger partial charge on any atom is 0.269 e. The van der Waals surface area contributed by atoms with Gasteiger partial charge in [0.15, 0.2) is 0 Å². The lowest BCUT2D eigenvalue weighted by Crippen LogP contribution is -2.13. The van der Waals surface area contributed by atoms with Crippen molar-refractivity contribution in [1.29, 1.82) is 0 Å². The molecular formula is C17H17ClN2O4. The minimum atomic E-state index is -0.466. The summed E-state index contributed by atoms with van der Waals surface area (Å²) in [5.74, 6) is 0.540. The van der Waals surface area contributed by atoms with Gasteiger partial charge in [-0.15, -0.1) is 0 Å². The summed E-state index contributed by atoms with van der Waals surface area (Å²) >= 11 is 5.79. The van der Waals surface area contributed by atoms with Crippen LogP contribution in [0.15, 0.2) is 42.5 Å². The summed E-state index contributed by atoms with van der Waals surface area (Å²) in [5.41, 5.74) is 1.22. The highest BCUT2D eigenvalue weighted by atomic mass is 35.5. The number of ether oxygens (including phenoxy) is 1. The molecule has 0 atom stereocenters. The van der Waals surface area contributed by atoms with Crippen LogP contribution >= 0.6 is 11.6 Å². The molecule has 0 aliphatic carbocycles. The molecule has 0 aromatic heterocycles. The molecule has 6 nitrogen and oxygen atoms in total. The molecule has 0 heterocycles. The van der Waals surface area contributed by atoms with E-state index in [1.165, 1.54) is 18.2 Å². The summed E-state index contributed by atoms with van der Waals surface area (Å²) in [6.07, 6.45) is 0.852. The fraction of sp³-hybridized carbons (Fsp3) is 0.235.